The van der Waals surface area contributed by atoms with Crippen LogP contribution in [0.2, 0.25) is 0 Å². The average molecular weight is 281 g/mol. The molecule has 0 bridgehead atoms. The molecule has 110 valence electrons. The molecule has 2 heterocycles. The van der Waals surface area contributed by atoms with Crippen molar-refractivity contribution in [2.45, 2.75) is 25.8 Å². The van der Waals surface area contributed by atoms with Gasteiger partial charge in [-0.1, -0.05) is 24.3 Å². The van der Waals surface area contributed by atoms with Gasteiger partial charge in [-0.25, -0.2) is 0 Å². The lowest BCUT2D eigenvalue weighted by Crippen LogP contribution is -2.28. The molecule has 1 atom stereocenters. The fourth-order valence-electron chi connectivity index (χ4n) is 3.15. The molecule has 0 saturated heterocycles. The summed E-state index contributed by atoms with van der Waals surface area (Å²) in [6.07, 6.45) is 1.20. The Morgan fingerprint density at radius 2 is 2.05 bits per heavy atom. The molecule has 2 aromatic rings. The summed E-state index contributed by atoms with van der Waals surface area (Å²) >= 11 is 0. The zero-order valence-corrected chi connectivity index (χ0v) is 12.8. The molecule has 1 aliphatic rings. The minimum Gasteiger partial charge on any atom is -0.385 e. The first-order chi connectivity index (χ1) is 10.2. The maximum absolute atomic E-state index is 4.60. The Balaban J connectivity index is 1.67. The third kappa shape index (κ3) is 3.42. The highest BCUT2D eigenvalue weighted by atomic mass is 15.1. The highest BCUT2D eigenvalue weighted by Gasteiger charge is 2.20. The SMILES string of the molecule is Cc1cccc(CN(C)CC2CCNc3ccccc32)n1. The zero-order valence-electron chi connectivity index (χ0n) is 12.8. The molecule has 3 rings (SSSR count). The van der Waals surface area contributed by atoms with Gasteiger partial charge in [-0.2, -0.15) is 0 Å². The highest BCUT2D eigenvalue weighted by Crippen LogP contribution is 2.31. The number of nitrogens with zero attached hydrogens (tertiary/aromatic N) is 2. The Morgan fingerprint density at radius 1 is 1.19 bits per heavy atom. The van der Waals surface area contributed by atoms with E-state index in [9.17, 15) is 0 Å². The van der Waals surface area contributed by atoms with E-state index < -0.39 is 0 Å². The van der Waals surface area contributed by atoms with Crippen molar-refractivity contribution in [1.29, 1.82) is 0 Å². The van der Waals surface area contributed by atoms with E-state index in [0.717, 1.165) is 31.0 Å². The van der Waals surface area contributed by atoms with Crippen LogP contribution >= 0.6 is 0 Å². The minimum atomic E-state index is 0.609. The topological polar surface area (TPSA) is 28.2 Å². The number of benzene rings is 1. The maximum atomic E-state index is 4.60. The first-order valence-electron chi connectivity index (χ1n) is 7.66. The predicted octanol–water partition coefficient (Wildman–Crippen LogP) is 3.42. The van der Waals surface area contributed by atoms with Crippen LogP contribution in [0.1, 0.15) is 29.3 Å². The maximum Gasteiger partial charge on any atom is 0.0547 e. The smallest absolute Gasteiger partial charge is 0.0547 e. The van der Waals surface area contributed by atoms with Crippen molar-refractivity contribution in [1.82, 2.24) is 9.88 Å². The number of aryl methyl sites for hydroxylation is 1. The van der Waals surface area contributed by atoms with E-state index in [2.05, 4.69) is 58.6 Å². The van der Waals surface area contributed by atoms with Gasteiger partial charge in [-0.15, -0.1) is 0 Å². The molecule has 1 aromatic carbocycles. The molecule has 0 radical (unpaired) electrons. The Morgan fingerprint density at radius 3 is 2.90 bits per heavy atom. The molecule has 0 amide bonds. The van der Waals surface area contributed by atoms with Crippen LogP contribution < -0.4 is 5.32 Å². The molecule has 0 spiro atoms. The van der Waals surface area contributed by atoms with Gasteiger partial charge in [0.2, 0.25) is 0 Å². The fraction of sp³-hybridized carbons (Fsp3) is 0.389. The van der Waals surface area contributed by atoms with Gasteiger partial charge in [0.1, 0.15) is 0 Å². The second-order valence-electron chi connectivity index (χ2n) is 5.97. The summed E-state index contributed by atoms with van der Waals surface area (Å²) in [7, 11) is 2.19. The van der Waals surface area contributed by atoms with Gasteiger partial charge in [-0.3, -0.25) is 9.88 Å². The van der Waals surface area contributed by atoms with E-state index in [1.807, 2.05) is 13.0 Å². The van der Waals surface area contributed by atoms with Crippen LogP contribution in [0.5, 0.6) is 0 Å². The Hall–Kier alpha value is -1.87. The first-order valence-corrected chi connectivity index (χ1v) is 7.66. The number of fused-ring (bicyclic) bond motifs is 1. The number of hydrogen-bond donors (Lipinski definition) is 1. The number of aromatic nitrogens is 1. The molecule has 3 nitrogen and oxygen atoms in total. The molecule has 0 fully saturated rings. The number of para-hydroxylation sites is 1. The summed E-state index contributed by atoms with van der Waals surface area (Å²) in [4.78, 5) is 6.98. The zero-order chi connectivity index (χ0) is 14.7. The van der Waals surface area contributed by atoms with E-state index in [4.69, 9.17) is 0 Å². The molecule has 0 aliphatic carbocycles. The number of nitrogens with one attached hydrogen (secondary N) is 1. The molecule has 3 heteroatoms. The van der Waals surface area contributed by atoms with Crippen molar-refractivity contribution in [2.75, 3.05) is 25.5 Å². The van der Waals surface area contributed by atoms with Gasteiger partial charge >= 0.3 is 0 Å². The monoisotopic (exact) mass is 281 g/mol. The summed E-state index contributed by atoms with van der Waals surface area (Å²) < 4.78 is 0. The van der Waals surface area contributed by atoms with Crippen LogP contribution in [0.25, 0.3) is 0 Å². The van der Waals surface area contributed by atoms with Crippen molar-refractivity contribution in [3.8, 4) is 0 Å². The number of hydrogen-bond acceptors (Lipinski definition) is 3. The van der Waals surface area contributed by atoms with Crippen LogP contribution in [0.3, 0.4) is 0 Å². The second kappa shape index (κ2) is 6.27. The fourth-order valence-corrected chi connectivity index (χ4v) is 3.15. The second-order valence-corrected chi connectivity index (χ2v) is 5.97. The number of anilines is 1. The normalized spacial score (nSPS) is 17.4. The number of rotatable bonds is 4. The van der Waals surface area contributed by atoms with E-state index in [1.165, 1.54) is 17.7 Å². The molecule has 0 saturated carbocycles. The number of likely N-dealkylation sites (N-methyl/N-ethyl adjacent to an activating group) is 1. The lowest BCUT2D eigenvalue weighted by molar-refractivity contribution is 0.294. The van der Waals surface area contributed by atoms with Crippen molar-refractivity contribution < 1.29 is 0 Å². The lowest BCUT2D eigenvalue weighted by atomic mass is 9.90. The summed E-state index contributed by atoms with van der Waals surface area (Å²) in [5.74, 6) is 0.609. The van der Waals surface area contributed by atoms with Crippen LogP contribution in [-0.2, 0) is 6.54 Å². The van der Waals surface area contributed by atoms with Gasteiger partial charge < -0.3 is 5.32 Å². The highest BCUT2D eigenvalue weighted by molar-refractivity contribution is 5.54. The Kier molecular flexibility index (Phi) is 4.20. The van der Waals surface area contributed by atoms with Gasteiger partial charge in [0.05, 0.1) is 5.69 Å². The minimum absolute atomic E-state index is 0.609. The van der Waals surface area contributed by atoms with E-state index >= 15 is 0 Å². The van der Waals surface area contributed by atoms with Crippen LogP contribution in [0.4, 0.5) is 5.69 Å². The summed E-state index contributed by atoms with van der Waals surface area (Å²) in [5, 5.41) is 3.49. The van der Waals surface area contributed by atoms with Crippen LogP contribution in [0.15, 0.2) is 42.5 Å². The molecular formula is C18H23N3. The van der Waals surface area contributed by atoms with Gasteiger partial charge in [0.25, 0.3) is 0 Å². The standard InChI is InChI=1S/C18H23N3/c1-14-6-5-7-16(20-14)13-21(2)12-15-10-11-19-18-9-4-3-8-17(15)18/h3-9,15,19H,10-13H2,1-2H3. The van der Waals surface area contributed by atoms with E-state index in [1.54, 1.807) is 0 Å². The molecule has 21 heavy (non-hydrogen) atoms. The summed E-state index contributed by atoms with van der Waals surface area (Å²) in [6, 6.07) is 14.9. The van der Waals surface area contributed by atoms with Gasteiger partial charge in [0, 0.05) is 36.9 Å². The largest absolute Gasteiger partial charge is 0.385 e. The van der Waals surface area contributed by atoms with Gasteiger partial charge in [0.15, 0.2) is 0 Å². The third-order valence-corrected chi connectivity index (χ3v) is 4.12. The Labute approximate surface area is 127 Å². The van der Waals surface area contributed by atoms with E-state index in [-0.39, 0.29) is 0 Å². The Bertz CT molecular complexity index is 609. The number of pyridine rings is 1. The molecule has 1 N–H and O–H groups in total. The molecule has 1 aromatic heterocycles. The molecular weight excluding hydrogens is 258 g/mol. The summed E-state index contributed by atoms with van der Waals surface area (Å²) in [6.45, 7) is 5.10. The first kappa shape index (κ1) is 14.1. The van der Waals surface area contributed by atoms with Crippen molar-refractivity contribution in [3.05, 3.63) is 59.4 Å². The molecule has 1 unspecified atom stereocenters. The van der Waals surface area contributed by atoms with Gasteiger partial charge in [-0.05, 0) is 44.2 Å². The van der Waals surface area contributed by atoms with Crippen LogP contribution in [0, 0.1) is 6.92 Å². The predicted molar refractivity (Wildman–Crippen MR) is 87.6 cm³/mol. The van der Waals surface area contributed by atoms with E-state index in [0.29, 0.717) is 5.92 Å². The molecule has 1 aliphatic heterocycles. The van der Waals surface area contributed by atoms with Crippen molar-refractivity contribution in [3.63, 3.8) is 0 Å². The quantitative estimate of drug-likeness (QED) is 0.930. The summed E-state index contributed by atoms with van der Waals surface area (Å²) in [5.41, 5.74) is 5.00. The average Bonchev–Trinajstić information content (AvgIpc) is 2.47. The van der Waals surface area contributed by atoms with Crippen LogP contribution in [-0.4, -0.2) is 30.0 Å². The third-order valence-electron chi connectivity index (χ3n) is 4.12. The lowest BCUT2D eigenvalue weighted by Gasteiger charge is -2.30. The van der Waals surface area contributed by atoms with Crippen molar-refractivity contribution >= 4 is 5.69 Å². The van der Waals surface area contributed by atoms with Crippen molar-refractivity contribution in [2.24, 2.45) is 0 Å².